The van der Waals surface area contributed by atoms with Gasteiger partial charge in [0.15, 0.2) is 0 Å². The number of carboxylic acids is 1. The second-order valence-electron chi connectivity index (χ2n) is 5.17. The minimum absolute atomic E-state index is 0.0118. The molecule has 94 valence electrons. The number of hydrogen-bond donors (Lipinski definition) is 1. The number of carbonyl (C=O) groups excluding carboxylic acids is 1. The molecule has 1 fully saturated rings. The Hall–Kier alpha value is -1.32. The van der Waals surface area contributed by atoms with E-state index in [1.165, 1.54) is 0 Å². The molecule has 0 radical (unpaired) electrons. The number of allylic oxidation sites excluding steroid dienone is 2. The van der Waals surface area contributed by atoms with Gasteiger partial charge in [0, 0.05) is 0 Å². The van der Waals surface area contributed by atoms with Gasteiger partial charge in [0.05, 0.1) is 17.9 Å². The van der Waals surface area contributed by atoms with Crippen LogP contribution >= 0.6 is 0 Å². The van der Waals surface area contributed by atoms with E-state index in [-0.39, 0.29) is 23.9 Å². The van der Waals surface area contributed by atoms with Crippen molar-refractivity contribution in [3.8, 4) is 0 Å². The Morgan fingerprint density at radius 2 is 1.71 bits per heavy atom. The highest BCUT2D eigenvalue weighted by molar-refractivity contribution is 5.83. The summed E-state index contributed by atoms with van der Waals surface area (Å²) < 4.78 is 5.19. The number of ether oxygens (including phenoxy) is 1. The second-order valence-corrected chi connectivity index (χ2v) is 5.17. The van der Waals surface area contributed by atoms with Crippen molar-refractivity contribution in [1.29, 1.82) is 0 Å². The third-order valence-electron chi connectivity index (χ3n) is 3.66. The Bertz CT molecular complexity index is 358. The molecule has 1 N–H and O–H groups in total. The molecule has 3 aliphatic rings. The molecule has 3 aliphatic carbocycles. The molecule has 4 atom stereocenters. The van der Waals surface area contributed by atoms with Gasteiger partial charge in [-0.2, -0.15) is 0 Å². The fourth-order valence-corrected chi connectivity index (χ4v) is 2.96. The molecule has 0 saturated heterocycles. The summed E-state index contributed by atoms with van der Waals surface area (Å²) in [6, 6.07) is 0. The predicted molar refractivity (Wildman–Crippen MR) is 61.2 cm³/mol. The van der Waals surface area contributed by atoms with Crippen LogP contribution in [0.4, 0.5) is 0 Å². The van der Waals surface area contributed by atoms with E-state index in [0.717, 1.165) is 12.8 Å². The van der Waals surface area contributed by atoms with Gasteiger partial charge < -0.3 is 9.84 Å². The van der Waals surface area contributed by atoms with Gasteiger partial charge in [-0.3, -0.25) is 9.59 Å². The van der Waals surface area contributed by atoms with E-state index < -0.39 is 17.8 Å². The monoisotopic (exact) mass is 238 g/mol. The lowest BCUT2D eigenvalue weighted by atomic mass is 9.62. The van der Waals surface area contributed by atoms with Crippen molar-refractivity contribution in [1.82, 2.24) is 0 Å². The maximum Gasteiger partial charge on any atom is 0.310 e. The minimum Gasteiger partial charge on any atom is -0.481 e. The van der Waals surface area contributed by atoms with Gasteiger partial charge in [0.1, 0.15) is 0 Å². The molecule has 0 aromatic carbocycles. The summed E-state index contributed by atoms with van der Waals surface area (Å²) in [7, 11) is 0. The molecule has 3 rings (SSSR count). The van der Waals surface area contributed by atoms with Crippen molar-refractivity contribution in [3.63, 3.8) is 0 Å². The molecule has 0 amide bonds. The first-order valence-electron chi connectivity index (χ1n) is 6.12. The first-order valence-corrected chi connectivity index (χ1v) is 6.12. The average molecular weight is 238 g/mol. The zero-order valence-electron chi connectivity index (χ0n) is 10.1. The van der Waals surface area contributed by atoms with Crippen molar-refractivity contribution in [2.45, 2.75) is 32.8 Å². The van der Waals surface area contributed by atoms with Gasteiger partial charge in [0.25, 0.3) is 0 Å². The van der Waals surface area contributed by atoms with E-state index in [2.05, 4.69) is 0 Å². The molecule has 4 heteroatoms. The van der Waals surface area contributed by atoms with E-state index >= 15 is 0 Å². The molecule has 17 heavy (non-hydrogen) atoms. The highest BCUT2D eigenvalue weighted by Gasteiger charge is 2.49. The lowest BCUT2D eigenvalue weighted by Crippen LogP contribution is -2.46. The van der Waals surface area contributed by atoms with Gasteiger partial charge in [-0.15, -0.1) is 0 Å². The van der Waals surface area contributed by atoms with Gasteiger partial charge in [0.2, 0.25) is 0 Å². The lowest BCUT2D eigenvalue weighted by Gasteiger charge is -2.41. The minimum atomic E-state index is -0.880. The Kier molecular flexibility index (Phi) is 3.22. The smallest absolute Gasteiger partial charge is 0.310 e. The maximum atomic E-state index is 12.0. The zero-order valence-corrected chi connectivity index (χ0v) is 10.1. The number of carboxylic acid groups (broad SMARTS) is 1. The van der Waals surface area contributed by atoms with Gasteiger partial charge in [-0.25, -0.2) is 0 Å². The quantitative estimate of drug-likeness (QED) is 0.602. The first kappa shape index (κ1) is 12.1. The molecule has 0 spiro atoms. The van der Waals surface area contributed by atoms with E-state index in [1.54, 1.807) is 13.8 Å². The van der Waals surface area contributed by atoms with Crippen LogP contribution in [0, 0.1) is 23.7 Å². The number of carbonyl (C=O) groups is 2. The third kappa shape index (κ3) is 2.21. The van der Waals surface area contributed by atoms with E-state index in [9.17, 15) is 14.7 Å². The molecule has 2 bridgehead atoms. The average Bonchev–Trinajstić information content (AvgIpc) is 2.28. The molecule has 0 aliphatic heterocycles. The molecule has 0 unspecified atom stereocenters. The SMILES string of the molecule is CC(C)OC(=O)[C@H]1[C@@H](C(=O)O)[C@H]2C=C[C@@H]1CC2. The molecule has 0 heterocycles. The maximum absolute atomic E-state index is 12.0. The number of rotatable bonds is 3. The Balaban J connectivity index is 2.21. The summed E-state index contributed by atoms with van der Waals surface area (Å²) in [5.74, 6) is -2.32. The summed E-state index contributed by atoms with van der Waals surface area (Å²) in [5, 5.41) is 9.27. The Morgan fingerprint density at radius 3 is 2.12 bits per heavy atom. The molecular weight excluding hydrogens is 220 g/mol. The number of esters is 1. The van der Waals surface area contributed by atoms with Crippen molar-refractivity contribution in [2.24, 2.45) is 23.7 Å². The predicted octanol–water partition coefficient (Wildman–Crippen LogP) is 1.85. The summed E-state index contributed by atoms with van der Waals surface area (Å²) in [6.07, 6.45) is 5.50. The van der Waals surface area contributed by atoms with Crippen LogP contribution in [-0.2, 0) is 14.3 Å². The first-order chi connectivity index (χ1) is 8.00. The van der Waals surface area contributed by atoms with E-state index in [0.29, 0.717) is 0 Å². The van der Waals surface area contributed by atoms with Crippen molar-refractivity contribution in [3.05, 3.63) is 12.2 Å². The number of aliphatic carboxylic acids is 1. The largest absolute Gasteiger partial charge is 0.481 e. The van der Waals surface area contributed by atoms with E-state index in [1.807, 2.05) is 12.2 Å². The fourth-order valence-electron chi connectivity index (χ4n) is 2.96. The van der Waals surface area contributed by atoms with Crippen molar-refractivity contribution >= 4 is 11.9 Å². The van der Waals surface area contributed by atoms with Crippen LogP contribution in [0.15, 0.2) is 12.2 Å². The molecule has 4 nitrogen and oxygen atoms in total. The normalized spacial score (nSPS) is 35.0. The van der Waals surface area contributed by atoms with E-state index in [4.69, 9.17) is 4.74 Å². The van der Waals surface area contributed by atoms with Crippen LogP contribution in [0.2, 0.25) is 0 Å². The summed E-state index contributed by atoms with van der Waals surface area (Å²) in [4.78, 5) is 23.3. The van der Waals surface area contributed by atoms with Gasteiger partial charge >= 0.3 is 11.9 Å². The van der Waals surface area contributed by atoms with Gasteiger partial charge in [-0.05, 0) is 38.5 Å². The Labute approximate surface area is 101 Å². The van der Waals surface area contributed by atoms with Crippen LogP contribution in [-0.4, -0.2) is 23.1 Å². The molecule has 1 saturated carbocycles. The summed E-state index contributed by atoms with van der Waals surface area (Å²) in [6.45, 7) is 3.56. The highest BCUT2D eigenvalue weighted by Crippen LogP contribution is 2.45. The Morgan fingerprint density at radius 1 is 1.18 bits per heavy atom. The highest BCUT2D eigenvalue weighted by atomic mass is 16.5. The zero-order chi connectivity index (χ0) is 12.6. The van der Waals surface area contributed by atoms with Crippen LogP contribution < -0.4 is 0 Å². The molecule has 0 aromatic heterocycles. The topological polar surface area (TPSA) is 63.6 Å². The molecular formula is C13H18O4. The van der Waals surface area contributed by atoms with Crippen molar-refractivity contribution in [2.75, 3.05) is 0 Å². The standard InChI is InChI=1S/C13H18O4/c1-7(2)17-13(16)11-9-5-3-8(4-6-9)10(11)12(14)15/h3,5,7-11H,4,6H2,1-2H3,(H,14,15)/t8-,9+,10-,11+/m0/s1. The van der Waals surface area contributed by atoms with Crippen LogP contribution in [0.5, 0.6) is 0 Å². The van der Waals surface area contributed by atoms with Crippen LogP contribution in [0.3, 0.4) is 0 Å². The third-order valence-corrected chi connectivity index (χ3v) is 3.66. The fraction of sp³-hybridized carbons (Fsp3) is 0.692. The lowest BCUT2D eigenvalue weighted by molar-refractivity contribution is -0.167. The summed E-state index contributed by atoms with van der Waals surface area (Å²) in [5.41, 5.74) is 0. The summed E-state index contributed by atoms with van der Waals surface area (Å²) >= 11 is 0. The van der Waals surface area contributed by atoms with Crippen LogP contribution in [0.25, 0.3) is 0 Å². The van der Waals surface area contributed by atoms with Crippen LogP contribution in [0.1, 0.15) is 26.7 Å². The second kappa shape index (κ2) is 4.51. The number of hydrogen-bond acceptors (Lipinski definition) is 3. The molecule has 0 aromatic rings. The van der Waals surface area contributed by atoms with Crippen molar-refractivity contribution < 1.29 is 19.4 Å². The van der Waals surface area contributed by atoms with Gasteiger partial charge in [-0.1, -0.05) is 12.2 Å². The number of fused-ring (bicyclic) bond motifs is 2.